The van der Waals surface area contributed by atoms with Crippen molar-refractivity contribution in [3.63, 3.8) is 0 Å². The molecule has 3 aromatic rings. The fourth-order valence-electron chi connectivity index (χ4n) is 4.82. The third-order valence-electron chi connectivity index (χ3n) is 7.38. The Kier molecular flexibility index (Phi) is 6.24. The maximum atomic E-state index is 13.2. The fourth-order valence-corrected chi connectivity index (χ4v) is 4.82. The van der Waals surface area contributed by atoms with Gasteiger partial charge in [-0.1, -0.05) is 0 Å². The highest BCUT2D eigenvalue weighted by Crippen LogP contribution is 2.34. The molecular formula is C28H33NO4. The summed E-state index contributed by atoms with van der Waals surface area (Å²) in [7, 11) is 3.26. The molecule has 0 spiro atoms. The summed E-state index contributed by atoms with van der Waals surface area (Å²) in [5.74, 6) is 2.53. The van der Waals surface area contributed by atoms with E-state index in [-0.39, 0.29) is 5.91 Å². The lowest BCUT2D eigenvalue weighted by atomic mass is 9.88. The number of methoxy groups -OCH3 is 2. The quantitative estimate of drug-likeness (QED) is 0.509. The average molecular weight is 448 g/mol. The van der Waals surface area contributed by atoms with E-state index in [0.29, 0.717) is 31.0 Å². The molecule has 5 heteroatoms. The minimum absolute atomic E-state index is 0.0774. The lowest BCUT2D eigenvalue weighted by Crippen LogP contribution is -2.35. The van der Waals surface area contributed by atoms with Gasteiger partial charge in [-0.15, -0.1) is 0 Å². The first-order valence-electron chi connectivity index (χ1n) is 11.4. The van der Waals surface area contributed by atoms with Crippen molar-refractivity contribution < 1.29 is 18.7 Å². The molecule has 0 unspecified atom stereocenters. The van der Waals surface area contributed by atoms with Crippen LogP contribution in [0.15, 0.2) is 28.7 Å². The predicted octanol–water partition coefficient (Wildman–Crippen LogP) is 5.63. The maximum Gasteiger partial charge on any atom is 0.289 e. The summed E-state index contributed by atoms with van der Waals surface area (Å²) in [6.07, 6.45) is 1.46. The largest absolute Gasteiger partial charge is 0.493 e. The van der Waals surface area contributed by atoms with Crippen molar-refractivity contribution in [2.24, 2.45) is 0 Å². The first kappa shape index (κ1) is 23.0. The molecule has 2 aromatic carbocycles. The summed E-state index contributed by atoms with van der Waals surface area (Å²) in [5.41, 5.74) is 10.2. The average Bonchev–Trinajstić information content (AvgIpc) is 3.31. The SMILES string of the molecule is COc1cc2c(cc1OC)CN(C(=O)c1ccc(Cc3c(C)c(C)c(C)c(C)c3C)o1)CC2. The molecule has 5 nitrogen and oxygen atoms in total. The Labute approximate surface area is 196 Å². The Balaban J connectivity index is 1.54. The number of hydrogen-bond acceptors (Lipinski definition) is 4. The Hall–Kier alpha value is -3.21. The number of hydrogen-bond donors (Lipinski definition) is 0. The summed E-state index contributed by atoms with van der Waals surface area (Å²) >= 11 is 0. The van der Waals surface area contributed by atoms with E-state index in [0.717, 1.165) is 23.5 Å². The Morgan fingerprint density at radius 2 is 1.45 bits per heavy atom. The van der Waals surface area contributed by atoms with E-state index in [4.69, 9.17) is 13.9 Å². The number of carbonyl (C=O) groups is 1. The summed E-state index contributed by atoms with van der Waals surface area (Å²) in [6.45, 7) is 12.1. The molecule has 0 radical (unpaired) electrons. The van der Waals surface area contributed by atoms with Gasteiger partial charge in [0.25, 0.3) is 5.91 Å². The summed E-state index contributed by atoms with van der Waals surface area (Å²) in [4.78, 5) is 15.1. The van der Waals surface area contributed by atoms with Gasteiger partial charge >= 0.3 is 0 Å². The van der Waals surface area contributed by atoms with Crippen molar-refractivity contribution >= 4 is 5.91 Å². The van der Waals surface area contributed by atoms with Crippen LogP contribution in [0.5, 0.6) is 11.5 Å². The second-order valence-corrected chi connectivity index (χ2v) is 9.00. The zero-order valence-corrected chi connectivity index (χ0v) is 20.7. The topological polar surface area (TPSA) is 51.9 Å². The van der Waals surface area contributed by atoms with Crippen LogP contribution in [0.4, 0.5) is 0 Å². The standard InChI is InChI=1S/C28H33NO4/c1-16-17(2)19(4)24(20(5)18(16)3)14-23-8-9-25(33-23)28(30)29-11-10-21-12-26(31-6)27(32-7)13-22(21)15-29/h8-9,12-13H,10-11,14-15H2,1-7H3. The van der Waals surface area contributed by atoms with Gasteiger partial charge in [0.2, 0.25) is 0 Å². The number of furan rings is 1. The van der Waals surface area contributed by atoms with Crippen molar-refractivity contribution in [2.75, 3.05) is 20.8 Å². The molecule has 33 heavy (non-hydrogen) atoms. The van der Waals surface area contributed by atoms with Gasteiger partial charge in [0.15, 0.2) is 17.3 Å². The normalized spacial score (nSPS) is 13.1. The van der Waals surface area contributed by atoms with Gasteiger partial charge in [-0.3, -0.25) is 4.79 Å². The van der Waals surface area contributed by atoms with Gasteiger partial charge in [0.1, 0.15) is 5.76 Å². The van der Waals surface area contributed by atoms with E-state index in [9.17, 15) is 4.79 Å². The van der Waals surface area contributed by atoms with Crippen molar-refractivity contribution in [3.8, 4) is 11.5 Å². The number of carbonyl (C=O) groups excluding carboxylic acids is 1. The highest BCUT2D eigenvalue weighted by molar-refractivity contribution is 5.91. The van der Waals surface area contributed by atoms with Crippen LogP contribution >= 0.6 is 0 Å². The smallest absolute Gasteiger partial charge is 0.289 e. The van der Waals surface area contributed by atoms with Crippen LogP contribution in [0.2, 0.25) is 0 Å². The van der Waals surface area contributed by atoms with Gasteiger partial charge in [-0.2, -0.15) is 0 Å². The van der Waals surface area contributed by atoms with E-state index in [2.05, 4.69) is 34.6 Å². The molecule has 0 saturated heterocycles. The predicted molar refractivity (Wildman–Crippen MR) is 130 cm³/mol. The second-order valence-electron chi connectivity index (χ2n) is 9.00. The lowest BCUT2D eigenvalue weighted by molar-refractivity contribution is 0.0700. The zero-order chi connectivity index (χ0) is 23.9. The molecule has 0 aliphatic carbocycles. The van der Waals surface area contributed by atoms with Gasteiger partial charge in [-0.05, 0) is 110 Å². The van der Waals surface area contributed by atoms with E-state index < -0.39 is 0 Å². The summed E-state index contributed by atoms with van der Waals surface area (Å²) in [5, 5.41) is 0. The van der Waals surface area contributed by atoms with E-state index in [1.54, 1.807) is 20.3 Å². The van der Waals surface area contributed by atoms with Crippen LogP contribution in [0.25, 0.3) is 0 Å². The molecule has 0 atom stereocenters. The number of nitrogens with zero attached hydrogens (tertiary/aromatic N) is 1. The number of benzene rings is 2. The first-order valence-corrected chi connectivity index (χ1v) is 11.4. The molecule has 1 amide bonds. The minimum atomic E-state index is -0.0774. The molecular weight excluding hydrogens is 414 g/mol. The van der Waals surface area contributed by atoms with Gasteiger partial charge in [0, 0.05) is 19.5 Å². The van der Waals surface area contributed by atoms with Crippen LogP contribution in [-0.4, -0.2) is 31.6 Å². The van der Waals surface area contributed by atoms with Crippen LogP contribution < -0.4 is 9.47 Å². The van der Waals surface area contributed by atoms with Crippen LogP contribution in [-0.2, 0) is 19.4 Å². The number of amides is 1. The van der Waals surface area contributed by atoms with Gasteiger partial charge in [0.05, 0.1) is 14.2 Å². The van der Waals surface area contributed by atoms with E-state index in [1.807, 2.05) is 23.1 Å². The minimum Gasteiger partial charge on any atom is -0.493 e. The molecule has 0 fully saturated rings. The highest BCUT2D eigenvalue weighted by atomic mass is 16.5. The second kappa shape index (κ2) is 8.97. The van der Waals surface area contributed by atoms with Crippen molar-refractivity contribution in [1.29, 1.82) is 0 Å². The van der Waals surface area contributed by atoms with Crippen LogP contribution in [0, 0.1) is 34.6 Å². The van der Waals surface area contributed by atoms with Gasteiger partial charge < -0.3 is 18.8 Å². The molecule has 0 bridgehead atoms. The maximum absolute atomic E-state index is 13.2. The van der Waals surface area contributed by atoms with Crippen molar-refractivity contribution in [3.05, 3.63) is 80.3 Å². The molecule has 0 N–H and O–H groups in total. The van der Waals surface area contributed by atoms with Crippen LogP contribution in [0.1, 0.15) is 60.8 Å². The fraction of sp³-hybridized carbons (Fsp3) is 0.393. The van der Waals surface area contributed by atoms with Crippen molar-refractivity contribution in [2.45, 2.75) is 54.0 Å². The lowest BCUT2D eigenvalue weighted by Gasteiger charge is -2.29. The molecule has 1 aliphatic rings. The number of rotatable bonds is 5. The number of fused-ring (bicyclic) bond motifs is 1. The molecule has 1 aromatic heterocycles. The molecule has 2 heterocycles. The van der Waals surface area contributed by atoms with Crippen LogP contribution in [0.3, 0.4) is 0 Å². The third kappa shape index (κ3) is 4.12. The highest BCUT2D eigenvalue weighted by Gasteiger charge is 2.26. The molecule has 0 saturated carbocycles. The number of ether oxygens (including phenoxy) is 2. The van der Waals surface area contributed by atoms with Gasteiger partial charge in [-0.25, -0.2) is 0 Å². The zero-order valence-electron chi connectivity index (χ0n) is 20.7. The Morgan fingerprint density at radius 3 is 2.06 bits per heavy atom. The molecule has 4 rings (SSSR count). The third-order valence-corrected chi connectivity index (χ3v) is 7.38. The summed E-state index contributed by atoms with van der Waals surface area (Å²) < 4.78 is 16.9. The molecule has 1 aliphatic heterocycles. The van der Waals surface area contributed by atoms with E-state index in [1.165, 1.54) is 38.9 Å². The van der Waals surface area contributed by atoms with E-state index >= 15 is 0 Å². The van der Waals surface area contributed by atoms with Crippen molar-refractivity contribution in [1.82, 2.24) is 4.90 Å². The summed E-state index contributed by atoms with van der Waals surface area (Å²) in [6, 6.07) is 7.72. The first-order chi connectivity index (χ1) is 15.7. The Morgan fingerprint density at radius 1 is 0.879 bits per heavy atom. The Bertz CT molecular complexity index is 1190. The molecule has 174 valence electrons. The monoisotopic (exact) mass is 447 g/mol.